The topological polar surface area (TPSA) is 147 Å². The van der Waals surface area contributed by atoms with Gasteiger partial charge in [0.1, 0.15) is 0 Å². The maximum atomic E-state index is 13.8. The Hall–Kier alpha value is -5.27. The van der Waals surface area contributed by atoms with E-state index in [0.717, 1.165) is 18.2 Å². The smallest absolute Gasteiger partial charge is 0.490 e. The summed E-state index contributed by atoms with van der Waals surface area (Å²) >= 11 is 0. The first-order valence-corrected chi connectivity index (χ1v) is 15.6. The molecule has 0 unspecified atom stereocenters. The van der Waals surface area contributed by atoms with E-state index in [1.807, 2.05) is 0 Å². The number of rotatable bonds is 13. The molecular formula is C33H33F6N5O6. The number of halogens is 6. The molecule has 0 saturated heterocycles. The van der Waals surface area contributed by atoms with Gasteiger partial charge in [-0.25, -0.2) is 14.8 Å². The molecule has 0 fully saturated rings. The zero-order chi connectivity index (χ0) is 36.6. The Labute approximate surface area is 282 Å². The normalized spacial score (nSPS) is 15.9. The molecular weight excluding hydrogens is 676 g/mol. The van der Waals surface area contributed by atoms with Crippen molar-refractivity contribution >= 4 is 23.8 Å². The number of nitrogens with one attached hydrogen (secondary N) is 1. The Morgan fingerprint density at radius 1 is 1.06 bits per heavy atom. The minimum Gasteiger partial charge on any atom is -0.490 e. The molecule has 268 valence electrons. The van der Waals surface area contributed by atoms with Gasteiger partial charge >= 0.3 is 24.5 Å². The predicted molar refractivity (Wildman–Crippen MR) is 165 cm³/mol. The van der Waals surface area contributed by atoms with Crippen LogP contribution >= 0.6 is 0 Å². The first-order valence-electron chi connectivity index (χ1n) is 15.6. The van der Waals surface area contributed by atoms with E-state index in [1.165, 1.54) is 23.4 Å². The minimum absolute atomic E-state index is 0.00749. The molecule has 2 atom stereocenters. The van der Waals surface area contributed by atoms with Crippen molar-refractivity contribution in [2.75, 3.05) is 23.6 Å². The number of nitriles is 1. The lowest BCUT2D eigenvalue weighted by Crippen LogP contribution is -2.43. The van der Waals surface area contributed by atoms with Crippen molar-refractivity contribution in [3.05, 3.63) is 76.1 Å². The van der Waals surface area contributed by atoms with Gasteiger partial charge in [-0.1, -0.05) is 6.92 Å². The first-order chi connectivity index (χ1) is 23.6. The molecule has 50 heavy (non-hydrogen) atoms. The summed E-state index contributed by atoms with van der Waals surface area (Å²) in [5.41, 5.74) is -1.80. The molecule has 0 bridgehead atoms. The van der Waals surface area contributed by atoms with Crippen LogP contribution in [-0.2, 0) is 33.1 Å². The number of alkyl halides is 6. The standard InChI is InChI=1S/C33H33F6N5O6/c1-3-23-16-25(24-15-21(32(34,35)36)8-9-27(24)44(23)50-31(47)48-4-2)42-30-41-18-28(49-10-6-5-7-29(45)46)26(43-30)14-19-11-20(17-40)13-22(12-19)33(37,38)39/h8-9,11-13,15,18,23,25H,3-7,10,14,16H2,1-2H3,(H,45,46)(H,41,42,43)/t23-,25+/m1/s1. The molecule has 1 aliphatic rings. The highest BCUT2D eigenvalue weighted by Gasteiger charge is 2.39. The number of aliphatic carboxylic acids is 1. The monoisotopic (exact) mass is 709 g/mol. The lowest BCUT2D eigenvalue weighted by molar-refractivity contribution is -0.138. The van der Waals surface area contributed by atoms with E-state index in [4.69, 9.17) is 19.4 Å². The number of hydrogen-bond acceptors (Lipinski definition) is 10. The summed E-state index contributed by atoms with van der Waals surface area (Å²) in [6.07, 6.45) is -8.44. The van der Waals surface area contributed by atoms with Crippen molar-refractivity contribution in [3.63, 3.8) is 0 Å². The molecule has 0 radical (unpaired) electrons. The van der Waals surface area contributed by atoms with Crippen molar-refractivity contribution in [1.82, 2.24) is 9.97 Å². The molecule has 2 aromatic carbocycles. The third kappa shape index (κ3) is 9.67. The van der Waals surface area contributed by atoms with E-state index < -0.39 is 47.7 Å². The number of hydrogen-bond donors (Lipinski definition) is 2. The molecule has 11 nitrogen and oxygen atoms in total. The lowest BCUT2D eigenvalue weighted by Gasteiger charge is -2.40. The highest BCUT2D eigenvalue weighted by Crippen LogP contribution is 2.43. The molecule has 1 aromatic heterocycles. The van der Waals surface area contributed by atoms with E-state index in [9.17, 15) is 41.2 Å². The van der Waals surface area contributed by atoms with Crippen LogP contribution in [0.25, 0.3) is 0 Å². The number of carbonyl (C=O) groups excluding carboxylic acids is 1. The van der Waals surface area contributed by atoms with E-state index in [1.54, 1.807) is 19.9 Å². The van der Waals surface area contributed by atoms with E-state index in [0.29, 0.717) is 25.3 Å². The number of fused-ring (bicyclic) bond motifs is 1. The number of ether oxygens (including phenoxy) is 2. The average Bonchev–Trinajstić information content (AvgIpc) is 3.05. The van der Waals surface area contributed by atoms with Gasteiger partial charge < -0.3 is 24.7 Å². The summed E-state index contributed by atoms with van der Waals surface area (Å²) in [6.45, 7) is 3.40. The van der Waals surface area contributed by atoms with Gasteiger partial charge in [0.05, 0.1) is 65.6 Å². The highest BCUT2D eigenvalue weighted by molar-refractivity contribution is 5.67. The summed E-state index contributed by atoms with van der Waals surface area (Å²) in [4.78, 5) is 37.2. The van der Waals surface area contributed by atoms with Crippen LogP contribution in [0.15, 0.2) is 42.6 Å². The third-order valence-electron chi connectivity index (χ3n) is 7.71. The fraction of sp³-hybridized carbons (Fsp3) is 0.424. The van der Waals surface area contributed by atoms with Gasteiger partial charge in [0.15, 0.2) is 5.75 Å². The Balaban J connectivity index is 1.73. The molecule has 3 aromatic rings. The summed E-state index contributed by atoms with van der Waals surface area (Å²) in [5, 5.41) is 22.5. The van der Waals surface area contributed by atoms with Crippen LogP contribution in [0.1, 0.15) is 85.5 Å². The predicted octanol–water partition coefficient (Wildman–Crippen LogP) is 7.84. The lowest BCUT2D eigenvalue weighted by atomic mass is 9.90. The molecule has 2 N–H and O–H groups in total. The Kier molecular flexibility index (Phi) is 12.0. The second-order valence-corrected chi connectivity index (χ2v) is 11.3. The number of anilines is 2. The van der Waals surface area contributed by atoms with E-state index in [2.05, 4.69) is 15.3 Å². The zero-order valence-electron chi connectivity index (χ0n) is 26.9. The van der Waals surface area contributed by atoms with Crippen LogP contribution in [0.2, 0.25) is 0 Å². The number of hydroxylamine groups is 1. The van der Waals surface area contributed by atoms with E-state index in [-0.39, 0.29) is 72.2 Å². The maximum Gasteiger partial charge on any atom is 0.533 e. The molecule has 0 aliphatic carbocycles. The number of benzene rings is 2. The first kappa shape index (κ1) is 37.5. The van der Waals surface area contributed by atoms with Gasteiger partial charge in [0.2, 0.25) is 5.95 Å². The van der Waals surface area contributed by atoms with Gasteiger partial charge in [-0.05, 0) is 74.6 Å². The molecule has 4 rings (SSSR count). The van der Waals surface area contributed by atoms with Crippen LogP contribution in [0, 0.1) is 11.3 Å². The Bertz CT molecular complexity index is 1730. The van der Waals surface area contributed by atoms with Crippen LogP contribution in [0.3, 0.4) is 0 Å². The zero-order valence-corrected chi connectivity index (χ0v) is 26.9. The van der Waals surface area contributed by atoms with Crippen LogP contribution in [0.5, 0.6) is 5.75 Å². The van der Waals surface area contributed by atoms with Crippen molar-refractivity contribution in [2.24, 2.45) is 0 Å². The summed E-state index contributed by atoms with van der Waals surface area (Å²) in [7, 11) is 0. The van der Waals surface area contributed by atoms with Crippen LogP contribution < -0.4 is 15.1 Å². The van der Waals surface area contributed by atoms with Gasteiger partial charge in [-0.15, -0.1) is 0 Å². The van der Waals surface area contributed by atoms with Crippen molar-refractivity contribution in [3.8, 4) is 11.8 Å². The van der Waals surface area contributed by atoms with Gasteiger partial charge in [-0.3, -0.25) is 4.79 Å². The summed E-state index contributed by atoms with van der Waals surface area (Å²) in [5.74, 6) is -1.01. The van der Waals surface area contributed by atoms with Crippen LogP contribution in [0.4, 0.5) is 42.8 Å². The number of aromatic nitrogens is 2. The Morgan fingerprint density at radius 2 is 1.80 bits per heavy atom. The molecule has 1 aliphatic heterocycles. The highest BCUT2D eigenvalue weighted by atomic mass is 19.4. The van der Waals surface area contributed by atoms with Gasteiger partial charge in [-0.2, -0.15) is 36.7 Å². The SMILES string of the molecule is CCOC(=O)ON1c2ccc(C(F)(F)F)cc2[C@@H](Nc2ncc(OCCCCC(=O)O)c(Cc3cc(C#N)cc(C(F)(F)F)c3)n2)C[C@H]1CC. The average molecular weight is 710 g/mol. The molecule has 0 saturated carbocycles. The fourth-order valence-corrected chi connectivity index (χ4v) is 5.37. The second kappa shape index (κ2) is 16.0. The molecule has 17 heteroatoms. The summed E-state index contributed by atoms with van der Waals surface area (Å²) in [6, 6.07) is 6.14. The van der Waals surface area contributed by atoms with Crippen LogP contribution in [-0.4, -0.2) is 46.5 Å². The maximum absolute atomic E-state index is 13.8. The largest absolute Gasteiger partial charge is 0.533 e. The molecule has 0 spiro atoms. The number of nitrogens with zero attached hydrogens (tertiary/aromatic N) is 4. The van der Waals surface area contributed by atoms with E-state index >= 15 is 0 Å². The fourth-order valence-electron chi connectivity index (χ4n) is 5.37. The van der Waals surface area contributed by atoms with Crippen molar-refractivity contribution in [2.45, 2.75) is 76.8 Å². The number of carboxylic acid groups (broad SMARTS) is 1. The quantitative estimate of drug-likeness (QED) is 0.102. The number of unbranched alkanes of at least 4 members (excludes halogenated alkanes) is 1. The third-order valence-corrected chi connectivity index (χ3v) is 7.71. The van der Waals surface area contributed by atoms with Gasteiger partial charge in [0.25, 0.3) is 0 Å². The second-order valence-electron chi connectivity index (χ2n) is 11.3. The molecule has 0 amide bonds. The number of carbonyl (C=O) groups is 2. The van der Waals surface area contributed by atoms with Gasteiger partial charge in [0, 0.05) is 18.4 Å². The van der Waals surface area contributed by atoms with Crippen molar-refractivity contribution in [1.29, 1.82) is 5.26 Å². The van der Waals surface area contributed by atoms with Crippen molar-refractivity contribution < 1.29 is 55.3 Å². The summed E-state index contributed by atoms with van der Waals surface area (Å²) < 4.78 is 93.0. The Morgan fingerprint density at radius 3 is 2.44 bits per heavy atom. The molecule has 2 heterocycles. The number of carboxylic acids is 1. The minimum atomic E-state index is -4.74.